The van der Waals surface area contributed by atoms with Gasteiger partial charge in [0.2, 0.25) is 0 Å². The summed E-state index contributed by atoms with van der Waals surface area (Å²) in [4.78, 5) is 2.21. The molecule has 1 N–H and O–H groups in total. The van der Waals surface area contributed by atoms with Crippen molar-refractivity contribution in [2.24, 2.45) is 0 Å². The zero-order valence-corrected chi connectivity index (χ0v) is 11.6. The Hall–Kier alpha value is -1.06. The van der Waals surface area contributed by atoms with Crippen LogP contribution in [0.3, 0.4) is 0 Å². The first kappa shape index (κ1) is 14.0. The number of aryl methyl sites for hydroxylation is 1. The smallest absolute Gasteiger partial charge is 0.119 e. The fourth-order valence-electron chi connectivity index (χ4n) is 2.01. The first-order chi connectivity index (χ1) is 8.08. The molecule has 1 atom stereocenters. The normalized spacial score (nSPS) is 12.8. The largest absolute Gasteiger partial charge is 0.497 e. The topological polar surface area (TPSA) is 24.5 Å². The minimum absolute atomic E-state index is 0.406. The fourth-order valence-corrected chi connectivity index (χ4v) is 2.01. The van der Waals surface area contributed by atoms with Crippen molar-refractivity contribution in [1.82, 2.24) is 10.2 Å². The van der Waals surface area contributed by atoms with Crippen LogP contribution < -0.4 is 10.1 Å². The second kappa shape index (κ2) is 6.62. The third-order valence-electron chi connectivity index (χ3n) is 3.07. The molecule has 1 unspecified atom stereocenters. The summed E-state index contributed by atoms with van der Waals surface area (Å²) in [7, 11) is 7.93. The predicted octanol–water partition coefficient (Wildman–Crippen LogP) is 2.22. The van der Waals surface area contributed by atoms with Crippen molar-refractivity contribution in [3.63, 3.8) is 0 Å². The van der Waals surface area contributed by atoms with E-state index < -0.39 is 0 Å². The lowest BCUT2D eigenvalue weighted by atomic mass is 9.98. The van der Waals surface area contributed by atoms with Gasteiger partial charge in [-0.15, -0.1) is 0 Å². The van der Waals surface area contributed by atoms with Gasteiger partial charge in [-0.25, -0.2) is 0 Å². The zero-order chi connectivity index (χ0) is 12.8. The van der Waals surface area contributed by atoms with Crippen molar-refractivity contribution in [1.29, 1.82) is 0 Å². The number of rotatable bonds is 6. The average molecular weight is 236 g/mol. The molecule has 17 heavy (non-hydrogen) atoms. The molecule has 0 aromatic heterocycles. The van der Waals surface area contributed by atoms with Gasteiger partial charge in [0.1, 0.15) is 5.75 Å². The van der Waals surface area contributed by atoms with Crippen LogP contribution in [0, 0.1) is 6.92 Å². The molecule has 3 nitrogen and oxygen atoms in total. The lowest BCUT2D eigenvalue weighted by Gasteiger charge is -2.21. The maximum absolute atomic E-state index is 5.23. The molecule has 0 heterocycles. The number of nitrogens with one attached hydrogen (secondary N) is 1. The Balaban J connectivity index is 2.80. The molecule has 1 aromatic rings. The van der Waals surface area contributed by atoms with Gasteiger partial charge in [0.15, 0.2) is 0 Å². The molecule has 0 radical (unpaired) electrons. The molecule has 1 rings (SSSR count). The highest BCUT2D eigenvalue weighted by molar-refractivity contribution is 5.36. The van der Waals surface area contributed by atoms with Crippen molar-refractivity contribution in [3.05, 3.63) is 29.3 Å². The highest BCUT2D eigenvalue weighted by Gasteiger charge is 2.12. The van der Waals surface area contributed by atoms with Gasteiger partial charge < -0.3 is 15.0 Å². The van der Waals surface area contributed by atoms with Crippen LogP contribution in [-0.2, 0) is 0 Å². The molecule has 3 heteroatoms. The van der Waals surface area contributed by atoms with Crippen LogP contribution >= 0.6 is 0 Å². The van der Waals surface area contributed by atoms with Gasteiger partial charge in [-0.05, 0) is 64.3 Å². The first-order valence-electron chi connectivity index (χ1n) is 6.05. The number of nitrogens with zero attached hydrogens (tertiary/aromatic N) is 1. The van der Waals surface area contributed by atoms with E-state index in [2.05, 4.69) is 43.4 Å². The van der Waals surface area contributed by atoms with Crippen LogP contribution in [0.5, 0.6) is 5.75 Å². The molecule has 0 aliphatic heterocycles. The number of methoxy groups -OCH3 is 1. The van der Waals surface area contributed by atoms with Crippen molar-refractivity contribution in [2.75, 3.05) is 34.8 Å². The predicted molar refractivity (Wildman–Crippen MR) is 72.7 cm³/mol. The maximum Gasteiger partial charge on any atom is 0.119 e. The molecule has 0 spiro atoms. The molecule has 0 saturated carbocycles. The van der Waals surface area contributed by atoms with E-state index in [1.54, 1.807) is 7.11 Å². The van der Waals surface area contributed by atoms with Crippen LogP contribution in [-0.4, -0.2) is 39.7 Å². The molecule has 1 aromatic carbocycles. The van der Waals surface area contributed by atoms with Crippen molar-refractivity contribution >= 4 is 0 Å². The molecule has 96 valence electrons. The summed E-state index contributed by atoms with van der Waals surface area (Å²) in [5.74, 6) is 0.925. The van der Waals surface area contributed by atoms with Crippen molar-refractivity contribution in [3.8, 4) is 5.75 Å². The maximum atomic E-state index is 5.23. The summed E-state index contributed by atoms with van der Waals surface area (Å²) in [5.41, 5.74) is 2.64. The summed E-state index contributed by atoms with van der Waals surface area (Å²) in [6.45, 7) is 3.22. The van der Waals surface area contributed by atoms with Gasteiger partial charge >= 0.3 is 0 Å². The monoisotopic (exact) mass is 236 g/mol. The van der Waals surface area contributed by atoms with E-state index in [1.165, 1.54) is 11.1 Å². The van der Waals surface area contributed by atoms with Gasteiger partial charge in [0.05, 0.1) is 7.11 Å². The van der Waals surface area contributed by atoms with E-state index in [9.17, 15) is 0 Å². The van der Waals surface area contributed by atoms with Gasteiger partial charge in [0.25, 0.3) is 0 Å². The summed E-state index contributed by atoms with van der Waals surface area (Å²) in [5, 5.41) is 3.38. The van der Waals surface area contributed by atoms with E-state index in [0.717, 1.165) is 18.7 Å². The third kappa shape index (κ3) is 4.02. The summed E-state index contributed by atoms with van der Waals surface area (Å²) < 4.78 is 5.23. The minimum Gasteiger partial charge on any atom is -0.497 e. The number of hydrogen-bond acceptors (Lipinski definition) is 3. The first-order valence-corrected chi connectivity index (χ1v) is 6.05. The lowest BCUT2D eigenvalue weighted by molar-refractivity contribution is 0.367. The highest BCUT2D eigenvalue weighted by Crippen LogP contribution is 2.24. The number of benzene rings is 1. The number of ether oxygens (including phenoxy) is 1. The van der Waals surface area contributed by atoms with Gasteiger partial charge in [-0.3, -0.25) is 0 Å². The van der Waals surface area contributed by atoms with Crippen LogP contribution in [0.25, 0.3) is 0 Å². The molecule has 0 aliphatic rings. The fraction of sp³-hybridized carbons (Fsp3) is 0.571. The Labute approximate surface area is 105 Å². The van der Waals surface area contributed by atoms with E-state index >= 15 is 0 Å². The van der Waals surface area contributed by atoms with Gasteiger partial charge in [-0.2, -0.15) is 0 Å². The van der Waals surface area contributed by atoms with E-state index in [-0.39, 0.29) is 0 Å². The van der Waals surface area contributed by atoms with E-state index in [1.807, 2.05) is 13.1 Å². The highest BCUT2D eigenvalue weighted by atomic mass is 16.5. The number of hydrogen-bond donors (Lipinski definition) is 1. The van der Waals surface area contributed by atoms with Gasteiger partial charge in [0, 0.05) is 6.04 Å². The Morgan fingerprint density at radius 3 is 2.53 bits per heavy atom. The van der Waals surface area contributed by atoms with Crippen molar-refractivity contribution < 1.29 is 4.74 Å². The standard InChI is InChI=1S/C14H24N2O/c1-11-10-12(17-5)6-7-13(11)14(15-2)8-9-16(3)4/h6-7,10,14-15H,8-9H2,1-5H3. The second-order valence-electron chi connectivity index (χ2n) is 4.66. The Morgan fingerprint density at radius 1 is 1.35 bits per heavy atom. The van der Waals surface area contributed by atoms with Crippen LogP contribution in [0.15, 0.2) is 18.2 Å². The Bertz CT molecular complexity index is 350. The van der Waals surface area contributed by atoms with Gasteiger partial charge in [-0.1, -0.05) is 6.07 Å². The van der Waals surface area contributed by atoms with Crippen LogP contribution in [0.1, 0.15) is 23.6 Å². The van der Waals surface area contributed by atoms with E-state index in [4.69, 9.17) is 4.74 Å². The Morgan fingerprint density at radius 2 is 2.06 bits per heavy atom. The van der Waals surface area contributed by atoms with Crippen LogP contribution in [0.2, 0.25) is 0 Å². The zero-order valence-electron chi connectivity index (χ0n) is 11.6. The Kier molecular flexibility index (Phi) is 5.45. The SMILES string of the molecule is CNC(CCN(C)C)c1ccc(OC)cc1C. The van der Waals surface area contributed by atoms with Crippen LogP contribution in [0.4, 0.5) is 0 Å². The second-order valence-corrected chi connectivity index (χ2v) is 4.66. The molecular formula is C14H24N2O. The van der Waals surface area contributed by atoms with E-state index in [0.29, 0.717) is 6.04 Å². The molecule has 0 fully saturated rings. The molecule has 0 amide bonds. The molecule has 0 bridgehead atoms. The summed E-state index contributed by atoms with van der Waals surface area (Å²) in [6, 6.07) is 6.69. The molecule has 0 aliphatic carbocycles. The third-order valence-corrected chi connectivity index (χ3v) is 3.07. The minimum atomic E-state index is 0.406. The lowest BCUT2D eigenvalue weighted by Crippen LogP contribution is -2.23. The quantitative estimate of drug-likeness (QED) is 0.819. The molecular weight excluding hydrogens is 212 g/mol. The molecule has 0 saturated heterocycles. The summed E-state index contributed by atoms with van der Waals surface area (Å²) in [6.07, 6.45) is 1.11. The average Bonchev–Trinajstić information content (AvgIpc) is 2.31. The van der Waals surface area contributed by atoms with Crippen molar-refractivity contribution in [2.45, 2.75) is 19.4 Å². The summed E-state index contributed by atoms with van der Waals surface area (Å²) >= 11 is 0.